The monoisotopic (exact) mass is 394 g/mol. The van der Waals surface area contributed by atoms with Crippen LogP contribution in [-0.2, 0) is 9.59 Å². The predicted octanol–water partition coefficient (Wildman–Crippen LogP) is 4.73. The SMILES string of the molecule is Cc1ccc(C2=C(N3CCCCC3)C(=O)N(c3cccc(Cl)c3C)C2=O)cc1. The van der Waals surface area contributed by atoms with Crippen molar-refractivity contribution >= 4 is 34.7 Å². The van der Waals surface area contributed by atoms with E-state index in [0.717, 1.165) is 49.0 Å². The van der Waals surface area contributed by atoms with Crippen molar-refractivity contribution < 1.29 is 9.59 Å². The number of imide groups is 1. The quantitative estimate of drug-likeness (QED) is 0.707. The fourth-order valence-corrected chi connectivity index (χ4v) is 4.14. The van der Waals surface area contributed by atoms with Gasteiger partial charge in [0.25, 0.3) is 11.8 Å². The van der Waals surface area contributed by atoms with Crippen molar-refractivity contribution in [2.24, 2.45) is 0 Å². The number of piperidine rings is 1. The van der Waals surface area contributed by atoms with Gasteiger partial charge in [0, 0.05) is 18.1 Å². The van der Waals surface area contributed by atoms with Crippen molar-refractivity contribution in [2.75, 3.05) is 18.0 Å². The van der Waals surface area contributed by atoms with Gasteiger partial charge in [0.1, 0.15) is 5.70 Å². The number of aryl methyl sites for hydroxylation is 1. The number of amides is 2. The molecule has 28 heavy (non-hydrogen) atoms. The lowest BCUT2D eigenvalue weighted by Crippen LogP contribution is -2.37. The van der Waals surface area contributed by atoms with Crippen LogP contribution in [0.15, 0.2) is 48.2 Å². The molecule has 2 aliphatic heterocycles. The van der Waals surface area contributed by atoms with Crippen LogP contribution < -0.4 is 4.90 Å². The first-order valence-electron chi connectivity index (χ1n) is 9.69. The summed E-state index contributed by atoms with van der Waals surface area (Å²) in [5.41, 5.74) is 4.20. The van der Waals surface area contributed by atoms with Crippen molar-refractivity contribution in [3.63, 3.8) is 0 Å². The molecule has 4 nitrogen and oxygen atoms in total. The fourth-order valence-electron chi connectivity index (χ4n) is 3.97. The molecule has 5 heteroatoms. The third kappa shape index (κ3) is 3.12. The number of hydrogen-bond acceptors (Lipinski definition) is 3. The summed E-state index contributed by atoms with van der Waals surface area (Å²) in [4.78, 5) is 30.4. The standard InChI is InChI=1S/C23H23ClN2O2/c1-15-9-11-17(12-10-15)20-21(25-13-4-3-5-14-25)23(28)26(22(20)27)19-8-6-7-18(24)16(19)2/h6-12H,3-5,13-14H2,1-2H3. The number of carbonyl (C=O) groups excluding carboxylic acids is 2. The highest BCUT2D eigenvalue weighted by Gasteiger charge is 2.43. The van der Waals surface area contributed by atoms with Crippen LogP contribution in [0.1, 0.15) is 36.0 Å². The number of likely N-dealkylation sites (tertiary alicyclic amines) is 1. The van der Waals surface area contributed by atoms with Crippen LogP contribution in [0.5, 0.6) is 0 Å². The molecule has 0 N–H and O–H groups in total. The topological polar surface area (TPSA) is 40.6 Å². The highest BCUT2D eigenvalue weighted by molar-refractivity contribution is 6.46. The average Bonchev–Trinajstić information content (AvgIpc) is 2.96. The molecule has 2 heterocycles. The maximum Gasteiger partial charge on any atom is 0.282 e. The van der Waals surface area contributed by atoms with Gasteiger partial charge in [-0.25, -0.2) is 4.90 Å². The lowest BCUT2D eigenvalue weighted by molar-refractivity contribution is -0.120. The van der Waals surface area contributed by atoms with Crippen molar-refractivity contribution in [1.29, 1.82) is 0 Å². The molecular weight excluding hydrogens is 372 g/mol. The molecule has 144 valence electrons. The Morgan fingerprint density at radius 3 is 2.21 bits per heavy atom. The van der Waals surface area contributed by atoms with E-state index in [1.807, 2.05) is 38.1 Å². The fraction of sp³-hybridized carbons (Fsp3) is 0.304. The van der Waals surface area contributed by atoms with Crippen LogP contribution in [0.3, 0.4) is 0 Å². The molecule has 0 radical (unpaired) electrons. The summed E-state index contributed by atoms with van der Waals surface area (Å²) in [7, 11) is 0. The van der Waals surface area contributed by atoms with E-state index in [1.165, 1.54) is 4.90 Å². The Bertz CT molecular complexity index is 973. The van der Waals surface area contributed by atoms with E-state index in [9.17, 15) is 9.59 Å². The molecule has 0 atom stereocenters. The van der Waals surface area contributed by atoms with Gasteiger partial charge in [-0.1, -0.05) is 47.5 Å². The highest BCUT2D eigenvalue weighted by Crippen LogP contribution is 2.38. The minimum atomic E-state index is -0.278. The summed E-state index contributed by atoms with van der Waals surface area (Å²) in [5.74, 6) is -0.535. The van der Waals surface area contributed by atoms with E-state index in [1.54, 1.807) is 18.2 Å². The summed E-state index contributed by atoms with van der Waals surface area (Å²) in [6.07, 6.45) is 3.22. The minimum absolute atomic E-state index is 0.257. The zero-order valence-corrected chi connectivity index (χ0v) is 16.9. The molecule has 0 spiro atoms. The van der Waals surface area contributed by atoms with Gasteiger partial charge in [-0.05, 0) is 56.4 Å². The van der Waals surface area contributed by atoms with Crippen LogP contribution in [0, 0.1) is 13.8 Å². The van der Waals surface area contributed by atoms with E-state index >= 15 is 0 Å². The maximum atomic E-state index is 13.5. The summed E-state index contributed by atoms with van der Waals surface area (Å²) in [6, 6.07) is 13.1. The highest BCUT2D eigenvalue weighted by atomic mass is 35.5. The summed E-state index contributed by atoms with van der Waals surface area (Å²) in [6.45, 7) is 5.44. The second-order valence-electron chi connectivity index (χ2n) is 7.47. The molecule has 2 aliphatic rings. The van der Waals surface area contributed by atoms with Gasteiger partial charge in [-0.2, -0.15) is 0 Å². The predicted molar refractivity (Wildman–Crippen MR) is 112 cm³/mol. The van der Waals surface area contributed by atoms with Crippen molar-refractivity contribution in [3.8, 4) is 0 Å². The Morgan fingerprint density at radius 1 is 0.857 bits per heavy atom. The third-order valence-corrected chi connectivity index (χ3v) is 5.96. The molecule has 4 rings (SSSR count). The number of anilines is 1. The molecule has 2 amide bonds. The van der Waals surface area contributed by atoms with E-state index in [4.69, 9.17) is 11.6 Å². The normalized spacial score (nSPS) is 17.7. The van der Waals surface area contributed by atoms with Crippen LogP contribution in [-0.4, -0.2) is 29.8 Å². The number of hydrogen-bond donors (Lipinski definition) is 0. The lowest BCUT2D eigenvalue weighted by atomic mass is 10.0. The van der Waals surface area contributed by atoms with Crippen LogP contribution in [0.2, 0.25) is 5.02 Å². The molecule has 2 aromatic rings. The molecule has 1 saturated heterocycles. The largest absolute Gasteiger partial charge is 0.366 e. The molecule has 2 aromatic carbocycles. The second kappa shape index (κ2) is 7.44. The summed E-state index contributed by atoms with van der Waals surface area (Å²) in [5, 5.41) is 0.543. The van der Waals surface area contributed by atoms with Crippen molar-refractivity contribution in [2.45, 2.75) is 33.1 Å². The zero-order chi connectivity index (χ0) is 19.8. The van der Waals surface area contributed by atoms with Gasteiger partial charge in [-0.15, -0.1) is 0 Å². The molecule has 0 unspecified atom stereocenters. The molecule has 0 aromatic heterocycles. The molecule has 0 saturated carbocycles. The lowest BCUT2D eigenvalue weighted by Gasteiger charge is -2.29. The second-order valence-corrected chi connectivity index (χ2v) is 7.87. The molecule has 0 bridgehead atoms. The van der Waals surface area contributed by atoms with E-state index in [-0.39, 0.29) is 11.8 Å². The average molecular weight is 395 g/mol. The van der Waals surface area contributed by atoms with Crippen molar-refractivity contribution in [3.05, 3.63) is 69.9 Å². The third-order valence-electron chi connectivity index (χ3n) is 5.55. The molecule has 1 fully saturated rings. The smallest absolute Gasteiger partial charge is 0.282 e. The number of nitrogens with zero attached hydrogens (tertiary/aromatic N) is 2. The zero-order valence-electron chi connectivity index (χ0n) is 16.2. The number of halogens is 1. The Kier molecular flexibility index (Phi) is 4.98. The Morgan fingerprint density at radius 2 is 1.54 bits per heavy atom. The van der Waals surface area contributed by atoms with E-state index in [2.05, 4.69) is 4.90 Å². The first-order chi connectivity index (χ1) is 13.5. The molecule has 0 aliphatic carbocycles. The van der Waals surface area contributed by atoms with Crippen LogP contribution in [0.25, 0.3) is 5.57 Å². The summed E-state index contributed by atoms with van der Waals surface area (Å²) < 4.78 is 0. The van der Waals surface area contributed by atoms with Crippen LogP contribution >= 0.6 is 11.6 Å². The van der Waals surface area contributed by atoms with Gasteiger partial charge in [0.05, 0.1) is 11.3 Å². The number of carbonyl (C=O) groups is 2. The first kappa shape index (κ1) is 18.8. The molecular formula is C23H23ClN2O2. The number of benzene rings is 2. The van der Waals surface area contributed by atoms with Gasteiger partial charge in [0.15, 0.2) is 0 Å². The maximum absolute atomic E-state index is 13.5. The Labute approximate surface area is 170 Å². The Hall–Kier alpha value is -2.59. The van der Waals surface area contributed by atoms with E-state index < -0.39 is 0 Å². The van der Waals surface area contributed by atoms with Crippen molar-refractivity contribution in [1.82, 2.24) is 4.90 Å². The van der Waals surface area contributed by atoms with E-state index in [0.29, 0.717) is 22.0 Å². The number of rotatable bonds is 3. The summed E-state index contributed by atoms with van der Waals surface area (Å²) >= 11 is 6.27. The minimum Gasteiger partial charge on any atom is -0.366 e. The van der Waals surface area contributed by atoms with Gasteiger partial charge >= 0.3 is 0 Å². The van der Waals surface area contributed by atoms with Crippen LogP contribution in [0.4, 0.5) is 5.69 Å². The van der Waals surface area contributed by atoms with Gasteiger partial charge in [0.2, 0.25) is 0 Å². The van der Waals surface area contributed by atoms with Gasteiger partial charge < -0.3 is 4.90 Å². The van der Waals surface area contributed by atoms with Gasteiger partial charge in [-0.3, -0.25) is 9.59 Å². The Balaban J connectivity index is 1.85. The first-order valence-corrected chi connectivity index (χ1v) is 10.1.